The Labute approximate surface area is 150 Å². The number of hydrogen-bond acceptors (Lipinski definition) is 3. The van der Waals surface area contributed by atoms with Gasteiger partial charge >= 0.3 is 5.97 Å². The van der Waals surface area contributed by atoms with Crippen LogP contribution in [0.2, 0.25) is 5.02 Å². The number of carboxylic acids is 1. The third-order valence-corrected chi connectivity index (χ3v) is 4.18. The molecule has 0 aliphatic carbocycles. The number of hydrogen-bond donors (Lipinski definition) is 1. The Balaban J connectivity index is 2.09. The van der Waals surface area contributed by atoms with Crippen LogP contribution in [-0.4, -0.2) is 23.0 Å². The highest BCUT2D eigenvalue weighted by Crippen LogP contribution is 2.38. The van der Waals surface area contributed by atoms with Crippen molar-refractivity contribution in [1.82, 2.24) is 0 Å². The summed E-state index contributed by atoms with van der Waals surface area (Å²) in [6.45, 7) is 3.41. The molecule has 1 aliphatic rings. The highest BCUT2D eigenvalue weighted by atomic mass is 35.5. The van der Waals surface area contributed by atoms with Crippen molar-refractivity contribution in [3.05, 3.63) is 64.4 Å². The second kappa shape index (κ2) is 6.61. The zero-order valence-corrected chi connectivity index (χ0v) is 14.4. The summed E-state index contributed by atoms with van der Waals surface area (Å²) >= 11 is 6.00. The Hall–Kier alpha value is -2.79. The van der Waals surface area contributed by atoms with Crippen molar-refractivity contribution in [3.63, 3.8) is 0 Å². The summed E-state index contributed by atoms with van der Waals surface area (Å²) in [7, 11) is 0. The summed E-state index contributed by atoms with van der Waals surface area (Å²) in [4.78, 5) is 25.5. The van der Waals surface area contributed by atoms with E-state index < -0.39 is 17.9 Å². The number of benzene rings is 2. The van der Waals surface area contributed by atoms with E-state index in [0.29, 0.717) is 16.5 Å². The third-order valence-electron chi connectivity index (χ3n) is 3.95. The van der Waals surface area contributed by atoms with E-state index in [4.69, 9.17) is 16.3 Å². The Kier molecular flexibility index (Phi) is 4.51. The number of fused-ring (bicyclic) bond motifs is 1. The molecule has 1 aliphatic heterocycles. The fraction of sp³-hybridized carbons (Fsp3) is 0.158. The normalized spacial score (nSPS) is 16.4. The molecule has 6 heteroatoms. The van der Waals surface area contributed by atoms with Crippen LogP contribution < -0.4 is 9.64 Å². The van der Waals surface area contributed by atoms with Gasteiger partial charge in [-0.05, 0) is 43.7 Å². The van der Waals surface area contributed by atoms with Crippen molar-refractivity contribution >= 4 is 35.2 Å². The van der Waals surface area contributed by atoms with Gasteiger partial charge in [0.05, 0.1) is 5.69 Å². The van der Waals surface area contributed by atoms with Gasteiger partial charge in [-0.3, -0.25) is 9.69 Å². The highest BCUT2D eigenvalue weighted by Gasteiger charge is 2.36. The lowest BCUT2D eigenvalue weighted by Gasteiger charge is -2.33. The van der Waals surface area contributed by atoms with Crippen molar-refractivity contribution < 1.29 is 19.4 Å². The van der Waals surface area contributed by atoms with E-state index in [-0.39, 0.29) is 5.76 Å². The largest absolute Gasteiger partial charge is 0.480 e. The zero-order chi connectivity index (χ0) is 18.1. The molecule has 3 rings (SSSR count). The lowest BCUT2D eigenvalue weighted by atomic mass is 10.1. The molecule has 5 nitrogen and oxygen atoms in total. The second-order valence-corrected chi connectivity index (χ2v) is 6.26. The number of nitrogens with zero attached hydrogens (tertiary/aromatic N) is 1. The molecule has 0 aromatic heterocycles. The predicted molar refractivity (Wildman–Crippen MR) is 95.8 cm³/mol. The topological polar surface area (TPSA) is 66.8 Å². The lowest BCUT2D eigenvalue weighted by Crippen LogP contribution is -2.47. The predicted octanol–water partition coefficient (Wildman–Crippen LogP) is 3.89. The van der Waals surface area contributed by atoms with Crippen LogP contribution in [0.1, 0.15) is 18.1 Å². The standard InChI is InChI=1S/C19H16ClNO4/c1-11-3-5-13(6-4-11)9-17-18(22)21(12(2)19(23)24)15-10-14(20)7-8-16(15)25-17/h3-10,12H,1-2H3,(H,23,24)/b17-9+. The van der Waals surface area contributed by atoms with Gasteiger partial charge in [0.2, 0.25) is 0 Å². The van der Waals surface area contributed by atoms with E-state index in [2.05, 4.69) is 0 Å². The van der Waals surface area contributed by atoms with Crippen LogP contribution in [0.25, 0.3) is 6.08 Å². The molecule has 128 valence electrons. The maximum Gasteiger partial charge on any atom is 0.326 e. The summed E-state index contributed by atoms with van der Waals surface area (Å²) < 4.78 is 5.71. The fourth-order valence-corrected chi connectivity index (χ4v) is 2.72. The van der Waals surface area contributed by atoms with Crippen LogP contribution in [-0.2, 0) is 9.59 Å². The molecule has 0 fully saturated rings. The molecule has 0 saturated heterocycles. The maximum absolute atomic E-state index is 12.8. The molecule has 1 unspecified atom stereocenters. The van der Waals surface area contributed by atoms with E-state index >= 15 is 0 Å². The van der Waals surface area contributed by atoms with Crippen molar-refractivity contribution in [3.8, 4) is 5.75 Å². The molecule has 0 spiro atoms. The van der Waals surface area contributed by atoms with Gasteiger partial charge in [-0.15, -0.1) is 0 Å². The molecule has 1 atom stereocenters. The highest BCUT2D eigenvalue weighted by molar-refractivity contribution is 6.31. The van der Waals surface area contributed by atoms with Crippen LogP contribution in [0, 0.1) is 6.92 Å². The van der Waals surface area contributed by atoms with E-state index in [1.165, 1.54) is 17.9 Å². The summed E-state index contributed by atoms with van der Waals surface area (Å²) in [5.74, 6) is -1.19. The quantitative estimate of drug-likeness (QED) is 0.846. The first-order chi connectivity index (χ1) is 11.9. The molecule has 2 aromatic rings. The SMILES string of the molecule is Cc1ccc(/C=C2/Oc3ccc(Cl)cc3N(C(C)C(=O)O)C2=O)cc1. The van der Waals surface area contributed by atoms with Gasteiger partial charge < -0.3 is 9.84 Å². The number of carbonyl (C=O) groups excluding carboxylic acids is 1. The van der Waals surface area contributed by atoms with Gasteiger partial charge in [0, 0.05) is 5.02 Å². The van der Waals surface area contributed by atoms with Crippen LogP contribution in [0.4, 0.5) is 5.69 Å². The number of aryl methyl sites for hydroxylation is 1. The molecule has 0 bridgehead atoms. The van der Waals surface area contributed by atoms with Crippen LogP contribution >= 0.6 is 11.6 Å². The number of halogens is 1. The van der Waals surface area contributed by atoms with Crippen molar-refractivity contribution in [1.29, 1.82) is 0 Å². The number of aliphatic carboxylic acids is 1. The molecule has 2 aromatic carbocycles. The fourth-order valence-electron chi connectivity index (χ4n) is 2.56. The molecule has 0 saturated carbocycles. The lowest BCUT2D eigenvalue weighted by molar-refractivity contribution is -0.139. The summed E-state index contributed by atoms with van der Waals surface area (Å²) in [5.41, 5.74) is 2.22. The number of rotatable bonds is 3. The Morgan fingerprint density at radius 3 is 2.56 bits per heavy atom. The average Bonchev–Trinajstić information content (AvgIpc) is 2.57. The third kappa shape index (κ3) is 3.37. The van der Waals surface area contributed by atoms with Crippen LogP contribution in [0.15, 0.2) is 48.2 Å². The minimum atomic E-state index is -1.11. The summed E-state index contributed by atoms with van der Waals surface area (Å²) in [6.07, 6.45) is 1.60. The summed E-state index contributed by atoms with van der Waals surface area (Å²) in [6, 6.07) is 11.3. The van der Waals surface area contributed by atoms with Crippen molar-refractivity contribution in [2.75, 3.05) is 4.90 Å². The first-order valence-corrected chi connectivity index (χ1v) is 8.07. The Morgan fingerprint density at radius 1 is 1.24 bits per heavy atom. The van der Waals surface area contributed by atoms with E-state index in [1.807, 2.05) is 31.2 Å². The Morgan fingerprint density at radius 2 is 1.92 bits per heavy atom. The maximum atomic E-state index is 12.8. The zero-order valence-electron chi connectivity index (χ0n) is 13.7. The molecule has 1 N–H and O–H groups in total. The molecule has 25 heavy (non-hydrogen) atoms. The molecule has 1 heterocycles. The van der Waals surface area contributed by atoms with Crippen molar-refractivity contribution in [2.45, 2.75) is 19.9 Å². The van der Waals surface area contributed by atoms with Gasteiger partial charge in [-0.1, -0.05) is 41.4 Å². The number of carboxylic acid groups (broad SMARTS) is 1. The van der Waals surface area contributed by atoms with Gasteiger partial charge in [0.1, 0.15) is 6.04 Å². The average molecular weight is 358 g/mol. The van der Waals surface area contributed by atoms with Crippen LogP contribution in [0.5, 0.6) is 5.75 Å². The van der Waals surface area contributed by atoms with Crippen LogP contribution in [0.3, 0.4) is 0 Å². The van der Waals surface area contributed by atoms with E-state index in [1.54, 1.807) is 18.2 Å². The van der Waals surface area contributed by atoms with E-state index in [9.17, 15) is 14.7 Å². The first-order valence-electron chi connectivity index (χ1n) is 7.69. The van der Waals surface area contributed by atoms with E-state index in [0.717, 1.165) is 11.1 Å². The first kappa shape index (κ1) is 17.0. The number of carbonyl (C=O) groups is 2. The number of amides is 1. The molecule has 0 radical (unpaired) electrons. The second-order valence-electron chi connectivity index (χ2n) is 5.82. The van der Waals surface area contributed by atoms with Gasteiger partial charge in [-0.2, -0.15) is 0 Å². The molecular formula is C19H16ClNO4. The number of ether oxygens (including phenoxy) is 1. The van der Waals surface area contributed by atoms with Gasteiger partial charge in [0.15, 0.2) is 11.5 Å². The Bertz CT molecular complexity index is 873. The van der Waals surface area contributed by atoms with Gasteiger partial charge in [-0.25, -0.2) is 4.79 Å². The smallest absolute Gasteiger partial charge is 0.326 e. The number of anilines is 1. The minimum absolute atomic E-state index is 0.0618. The molecule has 1 amide bonds. The molecular weight excluding hydrogens is 342 g/mol. The van der Waals surface area contributed by atoms with Gasteiger partial charge in [0.25, 0.3) is 5.91 Å². The monoisotopic (exact) mass is 357 g/mol. The van der Waals surface area contributed by atoms with Crippen molar-refractivity contribution in [2.24, 2.45) is 0 Å². The minimum Gasteiger partial charge on any atom is -0.480 e. The summed E-state index contributed by atoms with van der Waals surface area (Å²) in [5, 5.41) is 9.76.